The van der Waals surface area contributed by atoms with E-state index in [4.69, 9.17) is 16.7 Å². The Kier molecular flexibility index (Phi) is 4.38. The summed E-state index contributed by atoms with van der Waals surface area (Å²) in [7, 11) is -3.78. The highest BCUT2D eigenvalue weighted by Gasteiger charge is 2.18. The summed E-state index contributed by atoms with van der Waals surface area (Å²) in [6.45, 7) is 0. The Labute approximate surface area is 132 Å². The van der Waals surface area contributed by atoms with Crippen molar-refractivity contribution in [3.8, 4) is 0 Å². The minimum absolute atomic E-state index is 0.0266. The van der Waals surface area contributed by atoms with Crippen molar-refractivity contribution in [3.63, 3.8) is 0 Å². The Morgan fingerprint density at radius 2 is 2.00 bits per heavy atom. The van der Waals surface area contributed by atoms with E-state index < -0.39 is 16.0 Å². The lowest BCUT2D eigenvalue weighted by Gasteiger charge is -2.07. The molecule has 1 aromatic carbocycles. The Morgan fingerprint density at radius 1 is 1.30 bits per heavy atom. The molecule has 20 heavy (non-hydrogen) atoms. The molecule has 0 radical (unpaired) electrons. The van der Waals surface area contributed by atoms with Gasteiger partial charge < -0.3 is 5.11 Å². The average molecular weight is 397 g/mol. The third-order valence-electron chi connectivity index (χ3n) is 2.21. The summed E-state index contributed by atoms with van der Waals surface area (Å²) < 4.78 is 27.4. The first-order valence-corrected chi connectivity index (χ1v) is 8.57. The summed E-state index contributed by atoms with van der Waals surface area (Å²) in [6, 6.07) is 6.94. The standard InChI is InChI=1S/C11H7BrClNO4S2/c12-7-3-6(11(15)16)4-8(5-7)14-20(17,18)10-2-1-9(13)19-10/h1-5,14H,(H,15,16). The molecule has 1 aromatic heterocycles. The van der Waals surface area contributed by atoms with E-state index >= 15 is 0 Å². The van der Waals surface area contributed by atoms with Gasteiger partial charge in [0.25, 0.3) is 10.0 Å². The SMILES string of the molecule is O=C(O)c1cc(Br)cc(NS(=O)(=O)c2ccc(Cl)s2)c1. The molecule has 0 saturated heterocycles. The number of carboxylic acids is 1. The molecule has 0 aliphatic rings. The maximum atomic E-state index is 12.1. The maximum absolute atomic E-state index is 12.1. The molecule has 2 rings (SSSR count). The zero-order chi connectivity index (χ0) is 14.9. The van der Waals surface area contributed by atoms with Crippen LogP contribution < -0.4 is 4.72 Å². The number of rotatable bonds is 4. The van der Waals surface area contributed by atoms with E-state index in [1.54, 1.807) is 0 Å². The summed E-state index contributed by atoms with van der Waals surface area (Å²) >= 11 is 9.75. The van der Waals surface area contributed by atoms with Crippen LogP contribution in [0, 0.1) is 0 Å². The molecule has 0 bridgehead atoms. The van der Waals surface area contributed by atoms with E-state index in [9.17, 15) is 13.2 Å². The predicted octanol–water partition coefficient (Wildman–Crippen LogP) is 3.66. The molecule has 0 aliphatic heterocycles. The van der Waals surface area contributed by atoms with E-state index in [0.717, 1.165) is 11.3 Å². The van der Waals surface area contributed by atoms with Gasteiger partial charge in [-0.3, -0.25) is 4.72 Å². The van der Waals surface area contributed by atoms with Crippen molar-refractivity contribution in [2.24, 2.45) is 0 Å². The summed E-state index contributed by atoms with van der Waals surface area (Å²) in [4.78, 5) is 10.9. The third-order valence-corrected chi connectivity index (χ3v) is 5.77. The average Bonchev–Trinajstić information content (AvgIpc) is 2.75. The maximum Gasteiger partial charge on any atom is 0.335 e. The van der Waals surface area contributed by atoms with Crippen molar-refractivity contribution in [1.82, 2.24) is 0 Å². The van der Waals surface area contributed by atoms with Gasteiger partial charge in [0.15, 0.2) is 0 Å². The van der Waals surface area contributed by atoms with E-state index in [1.165, 1.54) is 30.3 Å². The van der Waals surface area contributed by atoms with Crippen LogP contribution in [0.5, 0.6) is 0 Å². The highest BCUT2D eigenvalue weighted by Crippen LogP contribution is 2.28. The van der Waals surface area contributed by atoms with Crippen LogP contribution in [0.2, 0.25) is 4.34 Å². The van der Waals surface area contributed by atoms with Gasteiger partial charge in [0.05, 0.1) is 15.6 Å². The van der Waals surface area contributed by atoms with E-state index in [2.05, 4.69) is 20.7 Å². The highest BCUT2D eigenvalue weighted by molar-refractivity contribution is 9.10. The van der Waals surface area contributed by atoms with Gasteiger partial charge >= 0.3 is 5.97 Å². The summed E-state index contributed by atoms with van der Waals surface area (Å²) in [6.07, 6.45) is 0. The van der Waals surface area contributed by atoms with Crippen LogP contribution in [0.4, 0.5) is 5.69 Å². The first-order chi connectivity index (χ1) is 9.28. The molecule has 0 aliphatic carbocycles. The molecule has 2 N–H and O–H groups in total. The molecular formula is C11H7BrClNO4S2. The van der Waals surface area contributed by atoms with Gasteiger partial charge in [-0.15, -0.1) is 11.3 Å². The van der Waals surface area contributed by atoms with Crippen molar-refractivity contribution in [1.29, 1.82) is 0 Å². The minimum Gasteiger partial charge on any atom is -0.478 e. The molecule has 0 saturated carbocycles. The molecule has 0 unspecified atom stereocenters. The van der Waals surface area contributed by atoms with Crippen LogP contribution in [0.15, 0.2) is 39.0 Å². The fraction of sp³-hybridized carbons (Fsp3) is 0. The fourth-order valence-corrected chi connectivity index (χ4v) is 4.44. The number of aromatic carboxylic acids is 1. The molecule has 9 heteroatoms. The topological polar surface area (TPSA) is 83.5 Å². The first kappa shape index (κ1) is 15.3. The number of halogens is 2. The molecule has 2 aromatic rings. The Hall–Kier alpha value is -1.09. The van der Waals surface area contributed by atoms with E-state index in [1.807, 2.05) is 0 Å². The second-order valence-electron chi connectivity index (χ2n) is 3.70. The van der Waals surface area contributed by atoms with Crippen molar-refractivity contribution >= 4 is 60.5 Å². The lowest BCUT2D eigenvalue weighted by atomic mass is 10.2. The number of benzene rings is 1. The molecular weight excluding hydrogens is 390 g/mol. The number of hydrogen-bond donors (Lipinski definition) is 2. The van der Waals surface area contributed by atoms with Gasteiger partial charge in [-0.25, -0.2) is 13.2 Å². The number of carbonyl (C=O) groups is 1. The zero-order valence-corrected chi connectivity index (χ0v) is 13.6. The molecule has 1 heterocycles. The molecule has 0 atom stereocenters. The van der Waals surface area contributed by atoms with Crippen LogP contribution in [0.3, 0.4) is 0 Å². The van der Waals surface area contributed by atoms with Gasteiger partial charge in [0.2, 0.25) is 0 Å². The summed E-state index contributed by atoms with van der Waals surface area (Å²) in [5.41, 5.74) is 0.127. The highest BCUT2D eigenvalue weighted by atomic mass is 79.9. The minimum atomic E-state index is -3.78. The molecule has 0 amide bonds. The lowest BCUT2D eigenvalue weighted by Crippen LogP contribution is -2.12. The zero-order valence-electron chi connectivity index (χ0n) is 9.63. The van der Waals surface area contributed by atoms with E-state index in [0.29, 0.717) is 8.81 Å². The van der Waals surface area contributed by atoms with Gasteiger partial charge in [-0.1, -0.05) is 27.5 Å². The van der Waals surface area contributed by atoms with Crippen molar-refractivity contribution in [2.45, 2.75) is 4.21 Å². The number of thiophene rings is 1. The third kappa shape index (κ3) is 3.51. The Bertz CT molecular complexity index is 772. The normalized spacial score (nSPS) is 11.3. The number of anilines is 1. The number of carboxylic acid groups (broad SMARTS) is 1. The number of hydrogen-bond acceptors (Lipinski definition) is 4. The second kappa shape index (κ2) is 5.72. The van der Waals surface area contributed by atoms with Crippen LogP contribution in [-0.4, -0.2) is 19.5 Å². The van der Waals surface area contributed by atoms with Gasteiger partial charge in [-0.05, 0) is 30.3 Å². The van der Waals surface area contributed by atoms with Crippen LogP contribution >= 0.6 is 38.9 Å². The van der Waals surface area contributed by atoms with Gasteiger partial charge in [-0.2, -0.15) is 0 Å². The van der Waals surface area contributed by atoms with Crippen LogP contribution in [0.1, 0.15) is 10.4 Å². The Balaban J connectivity index is 2.37. The van der Waals surface area contributed by atoms with Crippen molar-refractivity contribution < 1.29 is 18.3 Å². The van der Waals surface area contributed by atoms with Gasteiger partial charge in [0.1, 0.15) is 4.21 Å². The van der Waals surface area contributed by atoms with Gasteiger partial charge in [0, 0.05) is 4.47 Å². The predicted molar refractivity (Wildman–Crippen MR) is 81.2 cm³/mol. The quantitative estimate of drug-likeness (QED) is 0.826. The molecule has 0 spiro atoms. The second-order valence-corrected chi connectivity index (χ2v) is 8.24. The number of sulfonamides is 1. The van der Waals surface area contributed by atoms with Crippen molar-refractivity contribution in [2.75, 3.05) is 4.72 Å². The number of nitrogens with one attached hydrogen (secondary N) is 1. The first-order valence-electron chi connectivity index (χ1n) is 5.10. The lowest BCUT2D eigenvalue weighted by molar-refractivity contribution is 0.0697. The smallest absolute Gasteiger partial charge is 0.335 e. The molecule has 5 nitrogen and oxygen atoms in total. The monoisotopic (exact) mass is 395 g/mol. The van der Waals surface area contributed by atoms with Crippen LogP contribution in [-0.2, 0) is 10.0 Å². The largest absolute Gasteiger partial charge is 0.478 e. The van der Waals surface area contributed by atoms with E-state index in [-0.39, 0.29) is 15.5 Å². The van der Waals surface area contributed by atoms with Crippen molar-refractivity contribution in [3.05, 3.63) is 44.7 Å². The summed E-state index contributed by atoms with van der Waals surface area (Å²) in [5.74, 6) is -1.15. The molecule has 106 valence electrons. The molecule has 0 fully saturated rings. The van der Waals surface area contributed by atoms with Crippen LogP contribution in [0.25, 0.3) is 0 Å². The fourth-order valence-electron chi connectivity index (χ4n) is 1.42. The Morgan fingerprint density at radius 3 is 2.55 bits per heavy atom. The summed E-state index contributed by atoms with van der Waals surface area (Å²) in [5, 5.41) is 8.94.